The van der Waals surface area contributed by atoms with Crippen LogP contribution in [0.15, 0.2) is 82.6 Å². The van der Waals surface area contributed by atoms with E-state index in [1.54, 1.807) is 36.4 Å². The number of carbonyl (C=O) groups is 4. The average Bonchev–Trinajstić information content (AvgIpc) is 1.62. The molecule has 0 aromatic heterocycles. The summed E-state index contributed by atoms with van der Waals surface area (Å²) in [4.78, 5) is 59.6. The molecular formula is C64H82Cl2N14O12S2. The first-order valence-electron chi connectivity index (χ1n) is 32.1. The smallest absolute Gasteiger partial charge is 0.314 e. The maximum absolute atomic E-state index is 13.4. The molecular weight excluding hydrogens is 1290 g/mol. The maximum atomic E-state index is 13.4. The Balaban J connectivity index is 0.522. The topological polar surface area (TPSA) is 330 Å². The van der Waals surface area contributed by atoms with Gasteiger partial charge in [0.2, 0.25) is 11.8 Å². The third-order valence-electron chi connectivity index (χ3n) is 18.0. The van der Waals surface area contributed by atoms with Crippen molar-refractivity contribution in [2.24, 2.45) is 11.8 Å². The van der Waals surface area contributed by atoms with Gasteiger partial charge in [0.1, 0.15) is 23.7 Å². The normalized spacial score (nSPS) is 21.7. The second kappa shape index (κ2) is 33.2. The predicted molar refractivity (Wildman–Crippen MR) is 349 cm³/mol. The van der Waals surface area contributed by atoms with E-state index in [1.165, 1.54) is 24.3 Å². The Labute approximate surface area is 559 Å². The van der Waals surface area contributed by atoms with Crippen LogP contribution in [0.2, 0.25) is 10.0 Å². The number of hydrogen-bond acceptors (Lipinski definition) is 20. The molecule has 4 heterocycles. The molecule has 4 aromatic carbocycles. The molecule has 94 heavy (non-hydrogen) atoms. The van der Waals surface area contributed by atoms with Crippen LogP contribution in [-0.2, 0) is 52.0 Å². The Kier molecular flexibility index (Phi) is 24.7. The van der Waals surface area contributed by atoms with Crippen LogP contribution in [0, 0.1) is 34.5 Å². The van der Waals surface area contributed by atoms with Crippen LogP contribution in [0.5, 0.6) is 11.5 Å². The molecule has 6 amide bonds. The zero-order chi connectivity index (χ0) is 66.2. The summed E-state index contributed by atoms with van der Waals surface area (Å²) >= 11 is 12.9. The number of nitrogens with zero attached hydrogens (tertiary/aromatic N) is 6. The highest BCUT2D eigenvalue weighted by atomic mass is 35.5. The number of nitrogens with one attached hydrogen (secondary N) is 8. The van der Waals surface area contributed by atoms with E-state index in [9.17, 15) is 46.5 Å². The molecule has 30 heteroatoms. The van der Waals surface area contributed by atoms with E-state index in [-0.39, 0.29) is 60.2 Å². The van der Waals surface area contributed by atoms with Gasteiger partial charge < -0.3 is 60.6 Å². The third kappa shape index (κ3) is 18.6. The molecule has 0 saturated carbocycles. The van der Waals surface area contributed by atoms with Crippen LogP contribution < -0.4 is 50.8 Å². The summed E-state index contributed by atoms with van der Waals surface area (Å²) in [5, 5.41) is 38.4. The molecule has 2 aliphatic carbocycles. The molecule has 10 rings (SSSR count). The summed E-state index contributed by atoms with van der Waals surface area (Å²) in [6.45, 7) is 12.2. The third-order valence-corrected chi connectivity index (χ3v) is 21.2. The summed E-state index contributed by atoms with van der Waals surface area (Å²) in [6, 6.07) is 22.7. The van der Waals surface area contributed by atoms with Crippen molar-refractivity contribution in [2.75, 3.05) is 144 Å². The summed E-state index contributed by atoms with van der Waals surface area (Å²) in [5.74, 6) is -1.32. The van der Waals surface area contributed by atoms with Gasteiger partial charge >= 0.3 is 12.1 Å². The number of halogens is 2. The van der Waals surface area contributed by atoms with E-state index in [1.807, 2.05) is 21.9 Å². The summed E-state index contributed by atoms with van der Waals surface area (Å²) in [7, 11) is -8.34. The molecule has 4 aliphatic heterocycles. The molecule has 6 atom stereocenters. The minimum Gasteiger partial charge on any atom is -0.484 e. The number of carbonyl (C=O) groups excluding carboxylic acids is 4. The number of likely N-dealkylation sites (tertiary alicyclic amines) is 2. The molecule has 0 radical (unpaired) electrons. The van der Waals surface area contributed by atoms with E-state index in [0.717, 1.165) is 74.6 Å². The first-order chi connectivity index (χ1) is 45.4. The molecule has 6 aliphatic rings. The van der Waals surface area contributed by atoms with Crippen LogP contribution in [-0.4, -0.2) is 217 Å². The van der Waals surface area contributed by atoms with Crippen molar-refractivity contribution < 1.29 is 55.0 Å². The van der Waals surface area contributed by atoms with Crippen molar-refractivity contribution in [2.45, 2.75) is 72.6 Å². The molecule has 8 N–H and O–H groups in total. The van der Waals surface area contributed by atoms with E-state index < -0.39 is 55.9 Å². The molecule has 4 aromatic rings. The number of amides is 6. The first kappa shape index (κ1) is 69.9. The second-order valence-electron chi connectivity index (χ2n) is 24.2. The van der Waals surface area contributed by atoms with Crippen molar-refractivity contribution in [3.05, 3.63) is 116 Å². The monoisotopic (exact) mass is 1370 g/mol. The minimum absolute atomic E-state index is 0.0409. The van der Waals surface area contributed by atoms with Crippen molar-refractivity contribution in [1.29, 1.82) is 10.5 Å². The summed E-state index contributed by atoms with van der Waals surface area (Å²) in [6.07, 6.45) is 2.62. The van der Waals surface area contributed by atoms with Crippen molar-refractivity contribution in [1.82, 2.24) is 60.9 Å². The first-order valence-corrected chi connectivity index (χ1v) is 35.8. The van der Waals surface area contributed by atoms with E-state index >= 15 is 0 Å². The minimum atomic E-state index is -4.17. The van der Waals surface area contributed by atoms with Crippen molar-refractivity contribution in [3.8, 4) is 23.6 Å². The molecule has 0 spiro atoms. The van der Waals surface area contributed by atoms with Gasteiger partial charge in [-0.15, -0.1) is 0 Å². The van der Waals surface area contributed by atoms with Gasteiger partial charge in [-0.3, -0.25) is 19.4 Å². The van der Waals surface area contributed by atoms with Gasteiger partial charge in [-0.1, -0.05) is 23.2 Å². The fourth-order valence-electron chi connectivity index (χ4n) is 13.1. The lowest BCUT2D eigenvalue weighted by Crippen LogP contribution is -2.50. The van der Waals surface area contributed by atoms with Gasteiger partial charge in [0.25, 0.3) is 20.0 Å². The van der Waals surface area contributed by atoms with Gasteiger partial charge in [-0.05, 0) is 147 Å². The maximum Gasteiger partial charge on any atom is 0.314 e. The Morgan fingerprint density at radius 2 is 0.915 bits per heavy atom. The lowest BCUT2D eigenvalue weighted by Gasteiger charge is -2.36. The van der Waals surface area contributed by atoms with Crippen LogP contribution in [0.3, 0.4) is 0 Å². The molecule has 4 fully saturated rings. The van der Waals surface area contributed by atoms with E-state index in [4.69, 9.17) is 42.1 Å². The number of fused-ring (bicyclic) bond motifs is 2. The predicted octanol–water partition coefficient (Wildman–Crippen LogP) is 3.00. The van der Waals surface area contributed by atoms with Gasteiger partial charge in [0, 0.05) is 115 Å². The van der Waals surface area contributed by atoms with Gasteiger partial charge in [0.05, 0.1) is 83.4 Å². The standard InChI is InChI=1S/C64H82Cl2N14O12S2/c65-47-33-45(39-67)53-37-57(79-23-15-69-16-24-79)59(55(53)35-47)91-49-3-7-51(8-4-49)93(85,86)75-61(81)43-11-21-77(41-43)27-31-89-29-19-73-63(83)71-13-1-2-14-72-64(84)74-20-30-90-32-28-78-22-12-44(42-78)62(82)76-94(87,88)52-9-5-50(6-10-52)92-60-56-36-48(66)34-46(40-68)54(56)38-58(60)80-25-17-70-18-26-80/h3-10,33-36,43-44,57-60,69-70H,1-2,11-32,37-38,41-42H2,(H,75,81)(H,76,82)(H2,71,73,83)(H2,72,74,84)/t43-,44?,57+,58+,59+,60+/m1/s1. The fourth-order valence-corrected chi connectivity index (χ4v) is 15.6. The summed E-state index contributed by atoms with van der Waals surface area (Å²) < 4.78 is 82.4. The largest absolute Gasteiger partial charge is 0.484 e. The van der Waals surface area contributed by atoms with Crippen LogP contribution in [0.1, 0.15) is 71.3 Å². The summed E-state index contributed by atoms with van der Waals surface area (Å²) in [5.41, 5.74) is 4.53. The van der Waals surface area contributed by atoms with Crippen LogP contribution >= 0.6 is 23.2 Å². The Morgan fingerprint density at radius 3 is 1.30 bits per heavy atom. The number of unbranched alkanes of at least 4 members (excludes halogenated alkanes) is 1. The Bertz CT molecular complexity index is 3390. The van der Waals surface area contributed by atoms with Crippen LogP contribution in [0.4, 0.5) is 9.59 Å². The number of piperazine rings is 2. The number of urea groups is 2. The zero-order valence-corrected chi connectivity index (χ0v) is 55.5. The number of rotatable bonds is 29. The van der Waals surface area contributed by atoms with E-state index in [0.29, 0.717) is 137 Å². The Morgan fingerprint density at radius 1 is 0.532 bits per heavy atom. The lowest BCUT2D eigenvalue weighted by atomic mass is 10.0. The molecule has 506 valence electrons. The fraction of sp³-hybridized carbons (Fsp3) is 0.531. The highest BCUT2D eigenvalue weighted by molar-refractivity contribution is 7.90. The number of hydrogen-bond donors (Lipinski definition) is 8. The number of nitriles is 2. The van der Waals surface area contributed by atoms with E-state index in [2.05, 4.69) is 63.3 Å². The van der Waals surface area contributed by atoms with Gasteiger partial charge in [-0.2, -0.15) is 10.5 Å². The lowest BCUT2D eigenvalue weighted by molar-refractivity contribution is -0.123. The van der Waals surface area contributed by atoms with Crippen LogP contribution in [0.25, 0.3) is 0 Å². The quantitative estimate of drug-likeness (QED) is 0.0362. The molecule has 1 unspecified atom stereocenters. The van der Waals surface area contributed by atoms with Gasteiger partial charge in [-0.25, -0.2) is 35.9 Å². The molecule has 26 nitrogen and oxygen atoms in total. The SMILES string of the molecule is N#Cc1cc(Cl)cc2c1C[C@H](N1CCNCC1)[C@H]2Oc1ccc(S(=O)(=O)NC(=O)C2CCN(CCOCCNC(=O)NCCCCNC(=O)NCCOCCN3CC[C@@H](C(=O)NS(=O)(=O)c4ccc(O[C@H]5c6cc(Cl)cc(C#N)c6C[C@@H]5N5CCNCC5)cc4)C3)C2)cc1. The molecule has 4 saturated heterocycles. The molecule has 0 bridgehead atoms. The second-order valence-corrected chi connectivity index (χ2v) is 28.4. The Hall–Kier alpha value is -6.90. The van der Waals surface area contributed by atoms with Crippen molar-refractivity contribution in [3.63, 3.8) is 0 Å². The van der Waals surface area contributed by atoms with Gasteiger partial charge in [0.15, 0.2) is 0 Å². The van der Waals surface area contributed by atoms with Crippen molar-refractivity contribution >= 4 is 67.1 Å². The number of ether oxygens (including phenoxy) is 4. The number of benzene rings is 4. The average molecular weight is 1370 g/mol. The highest BCUT2D eigenvalue weighted by Gasteiger charge is 2.42. The highest BCUT2D eigenvalue weighted by Crippen LogP contribution is 2.43. The zero-order valence-electron chi connectivity index (χ0n) is 52.3. The number of sulfonamides is 2.